The molecule has 5 heteroatoms. The second-order valence-corrected chi connectivity index (χ2v) is 7.01. The molecular formula is C17H27N3O2. The van der Waals surface area contributed by atoms with Gasteiger partial charge in [0.15, 0.2) is 0 Å². The smallest absolute Gasteiger partial charge is 0.407 e. The molecule has 1 fully saturated rings. The highest BCUT2D eigenvalue weighted by molar-refractivity contribution is 5.67. The van der Waals surface area contributed by atoms with E-state index < -0.39 is 5.60 Å². The first-order valence-electron chi connectivity index (χ1n) is 7.98. The van der Waals surface area contributed by atoms with Gasteiger partial charge in [0.2, 0.25) is 0 Å². The van der Waals surface area contributed by atoms with Crippen LogP contribution >= 0.6 is 0 Å². The van der Waals surface area contributed by atoms with Gasteiger partial charge in [0.25, 0.3) is 0 Å². The second-order valence-electron chi connectivity index (χ2n) is 7.01. The third kappa shape index (κ3) is 5.20. The predicted octanol–water partition coefficient (Wildman–Crippen LogP) is 3.13. The fourth-order valence-corrected chi connectivity index (χ4v) is 2.56. The predicted molar refractivity (Wildman–Crippen MR) is 88.1 cm³/mol. The van der Waals surface area contributed by atoms with Crippen LogP contribution in [-0.2, 0) is 4.74 Å². The van der Waals surface area contributed by atoms with Crippen LogP contribution < -0.4 is 10.2 Å². The number of hydrogen-bond acceptors (Lipinski definition) is 4. The molecule has 1 amide bonds. The first-order chi connectivity index (χ1) is 10.3. The van der Waals surface area contributed by atoms with Crippen molar-refractivity contribution in [1.29, 1.82) is 0 Å². The molecule has 2 heterocycles. The summed E-state index contributed by atoms with van der Waals surface area (Å²) in [6, 6.07) is 4.17. The molecule has 0 unspecified atom stereocenters. The van der Waals surface area contributed by atoms with Crippen molar-refractivity contribution < 1.29 is 9.53 Å². The zero-order valence-electron chi connectivity index (χ0n) is 14.1. The molecule has 0 atom stereocenters. The minimum Gasteiger partial charge on any atom is -0.444 e. The molecule has 1 N–H and O–H groups in total. The van der Waals surface area contributed by atoms with Gasteiger partial charge in [-0.2, -0.15) is 0 Å². The van der Waals surface area contributed by atoms with Gasteiger partial charge in [-0.25, -0.2) is 9.78 Å². The zero-order chi connectivity index (χ0) is 16.2. The Morgan fingerprint density at radius 1 is 1.36 bits per heavy atom. The average molecular weight is 305 g/mol. The molecule has 0 bridgehead atoms. The van der Waals surface area contributed by atoms with E-state index in [4.69, 9.17) is 4.74 Å². The first-order valence-corrected chi connectivity index (χ1v) is 7.98. The standard InChI is InChI=1S/C17H27N3O2/c1-13-5-6-15(18-11-13)20-9-7-14(8-10-20)12-19-16(21)22-17(2,3)4/h5-6,11,14H,7-10,12H2,1-4H3,(H,19,21). The summed E-state index contributed by atoms with van der Waals surface area (Å²) in [5.74, 6) is 1.55. The SMILES string of the molecule is Cc1ccc(N2CCC(CNC(=O)OC(C)(C)C)CC2)nc1. The number of alkyl carbamates (subject to hydrolysis) is 1. The number of rotatable bonds is 3. The molecular weight excluding hydrogens is 278 g/mol. The molecule has 1 aliphatic rings. The normalized spacial score (nSPS) is 16.5. The van der Waals surface area contributed by atoms with Crippen molar-refractivity contribution in [1.82, 2.24) is 10.3 Å². The van der Waals surface area contributed by atoms with Gasteiger partial charge in [-0.05, 0) is 58.1 Å². The third-order valence-electron chi connectivity index (χ3n) is 3.77. The van der Waals surface area contributed by atoms with Gasteiger partial charge >= 0.3 is 6.09 Å². The van der Waals surface area contributed by atoms with E-state index in [1.807, 2.05) is 33.9 Å². The number of amides is 1. The number of hydrogen-bond donors (Lipinski definition) is 1. The zero-order valence-corrected chi connectivity index (χ0v) is 14.1. The van der Waals surface area contributed by atoms with Crippen LogP contribution in [-0.4, -0.2) is 36.3 Å². The molecule has 1 aromatic rings. The van der Waals surface area contributed by atoms with E-state index in [2.05, 4.69) is 27.3 Å². The summed E-state index contributed by atoms with van der Waals surface area (Å²) in [5, 5.41) is 2.88. The molecule has 22 heavy (non-hydrogen) atoms. The maximum Gasteiger partial charge on any atom is 0.407 e. The summed E-state index contributed by atoms with van der Waals surface area (Å²) in [4.78, 5) is 18.5. The van der Waals surface area contributed by atoms with E-state index in [-0.39, 0.29) is 6.09 Å². The Morgan fingerprint density at radius 2 is 2.05 bits per heavy atom. The Hall–Kier alpha value is -1.78. The van der Waals surface area contributed by atoms with Gasteiger partial charge < -0.3 is 15.0 Å². The van der Waals surface area contributed by atoms with E-state index in [1.165, 1.54) is 5.56 Å². The Labute approximate surface area is 133 Å². The number of nitrogens with one attached hydrogen (secondary N) is 1. The number of carbonyl (C=O) groups is 1. The van der Waals surface area contributed by atoms with Crippen LogP contribution in [0.4, 0.5) is 10.6 Å². The van der Waals surface area contributed by atoms with Gasteiger partial charge in [-0.15, -0.1) is 0 Å². The first kappa shape index (κ1) is 16.6. The average Bonchev–Trinajstić information content (AvgIpc) is 2.45. The lowest BCUT2D eigenvalue weighted by atomic mass is 9.97. The molecule has 0 aromatic carbocycles. The lowest BCUT2D eigenvalue weighted by Gasteiger charge is -2.33. The number of anilines is 1. The van der Waals surface area contributed by atoms with Crippen molar-refractivity contribution in [3.8, 4) is 0 Å². The monoisotopic (exact) mass is 305 g/mol. The van der Waals surface area contributed by atoms with E-state index >= 15 is 0 Å². The van der Waals surface area contributed by atoms with Crippen LogP contribution in [0.3, 0.4) is 0 Å². The van der Waals surface area contributed by atoms with Gasteiger partial charge in [0.1, 0.15) is 11.4 Å². The number of piperidine rings is 1. The van der Waals surface area contributed by atoms with E-state index in [0.29, 0.717) is 12.5 Å². The summed E-state index contributed by atoms with van der Waals surface area (Å²) in [7, 11) is 0. The molecule has 0 saturated carbocycles. The molecule has 1 aromatic heterocycles. The van der Waals surface area contributed by atoms with E-state index in [0.717, 1.165) is 31.7 Å². The second kappa shape index (κ2) is 6.99. The van der Waals surface area contributed by atoms with E-state index in [1.54, 1.807) is 0 Å². The highest BCUT2D eigenvalue weighted by Gasteiger charge is 2.22. The minimum atomic E-state index is -0.440. The number of pyridine rings is 1. The fourth-order valence-electron chi connectivity index (χ4n) is 2.56. The van der Waals surface area contributed by atoms with Crippen LogP contribution in [0.2, 0.25) is 0 Å². The fraction of sp³-hybridized carbons (Fsp3) is 0.647. The lowest BCUT2D eigenvalue weighted by Crippen LogP contribution is -2.40. The summed E-state index contributed by atoms with van der Waals surface area (Å²) >= 11 is 0. The summed E-state index contributed by atoms with van der Waals surface area (Å²) in [5.41, 5.74) is 0.741. The molecule has 1 saturated heterocycles. The largest absolute Gasteiger partial charge is 0.444 e. The molecule has 0 aliphatic carbocycles. The Kier molecular flexibility index (Phi) is 5.27. The van der Waals surface area contributed by atoms with Crippen molar-refractivity contribution in [3.63, 3.8) is 0 Å². The Morgan fingerprint density at radius 3 is 2.59 bits per heavy atom. The van der Waals surface area contributed by atoms with Gasteiger partial charge in [-0.1, -0.05) is 6.07 Å². The van der Waals surface area contributed by atoms with Crippen LogP contribution in [0.25, 0.3) is 0 Å². The quantitative estimate of drug-likeness (QED) is 0.932. The molecule has 2 rings (SSSR count). The van der Waals surface area contributed by atoms with Crippen LogP contribution in [0.15, 0.2) is 18.3 Å². The Bertz CT molecular complexity index is 486. The lowest BCUT2D eigenvalue weighted by molar-refractivity contribution is 0.0517. The molecule has 5 nitrogen and oxygen atoms in total. The third-order valence-corrected chi connectivity index (χ3v) is 3.77. The summed E-state index contributed by atoms with van der Waals surface area (Å²) in [6.45, 7) is 10.3. The van der Waals surface area contributed by atoms with Gasteiger partial charge in [-0.3, -0.25) is 0 Å². The number of ether oxygens (including phenoxy) is 1. The number of aromatic nitrogens is 1. The molecule has 1 aliphatic heterocycles. The number of nitrogens with zero attached hydrogens (tertiary/aromatic N) is 2. The maximum atomic E-state index is 11.7. The van der Waals surface area contributed by atoms with Gasteiger partial charge in [0.05, 0.1) is 0 Å². The van der Waals surface area contributed by atoms with Gasteiger partial charge in [0, 0.05) is 25.8 Å². The van der Waals surface area contributed by atoms with Crippen LogP contribution in [0.1, 0.15) is 39.2 Å². The van der Waals surface area contributed by atoms with E-state index in [9.17, 15) is 4.79 Å². The van der Waals surface area contributed by atoms with Crippen LogP contribution in [0, 0.1) is 12.8 Å². The van der Waals surface area contributed by atoms with Crippen molar-refractivity contribution in [2.45, 2.75) is 46.1 Å². The minimum absolute atomic E-state index is 0.324. The summed E-state index contributed by atoms with van der Waals surface area (Å²) < 4.78 is 5.26. The van der Waals surface area contributed by atoms with Crippen LogP contribution in [0.5, 0.6) is 0 Å². The van der Waals surface area contributed by atoms with Crippen molar-refractivity contribution in [2.24, 2.45) is 5.92 Å². The highest BCUT2D eigenvalue weighted by Crippen LogP contribution is 2.21. The molecule has 122 valence electrons. The molecule has 0 radical (unpaired) electrons. The molecule has 0 spiro atoms. The van der Waals surface area contributed by atoms with Crippen molar-refractivity contribution in [2.75, 3.05) is 24.5 Å². The number of carbonyl (C=O) groups excluding carboxylic acids is 1. The highest BCUT2D eigenvalue weighted by atomic mass is 16.6. The number of aryl methyl sites for hydroxylation is 1. The Balaban J connectivity index is 1.73. The maximum absolute atomic E-state index is 11.7. The summed E-state index contributed by atoms with van der Waals surface area (Å²) in [6.07, 6.45) is 3.71. The topological polar surface area (TPSA) is 54.5 Å². The van der Waals surface area contributed by atoms with Crippen molar-refractivity contribution >= 4 is 11.9 Å². The van der Waals surface area contributed by atoms with Crippen molar-refractivity contribution in [3.05, 3.63) is 23.9 Å².